The second kappa shape index (κ2) is 8.73. The molecule has 0 radical (unpaired) electrons. The van der Waals surface area contributed by atoms with Crippen molar-refractivity contribution in [2.75, 3.05) is 6.61 Å². The number of ketones is 1. The number of Topliss-reactive ketones (excluding diaryl/α,β-unsaturated/α-hetero) is 1. The van der Waals surface area contributed by atoms with Gasteiger partial charge in [0.2, 0.25) is 0 Å². The van der Waals surface area contributed by atoms with Gasteiger partial charge in [0.15, 0.2) is 5.78 Å². The van der Waals surface area contributed by atoms with Crippen LogP contribution in [0.5, 0.6) is 0 Å². The van der Waals surface area contributed by atoms with Crippen LogP contribution in [0.3, 0.4) is 0 Å². The lowest BCUT2D eigenvalue weighted by Crippen LogP contribution is -2.72. The van der Waals surface area contributed by atoms with Crippen molar-refractivity contribution in [3.05, 3.63) is 47.8 Å². The summed E-state index contributed by atoms with van der Waals surface area (Å²) in [5.74, 6) is -3.92. The molecule has 1 aromatic carbocycles. The Morgan fingerprint density at radius 1 is 1.19 bits per heavy atom. The van der Waals surface area contributed by atoms with E-state index in [0.717, 1.165) is 18.9 Å². The number of hydrogen-bond donors (Lipinski definition) is 2. The molecule has 4 fully saturated rings. The van der Waals surface area contributed by atoms with Gasteiger partial charge in [0.05, 0.1) is 24.4 Å². The molecule has 7 nitrogen and oxygen atoms in total. The molecule has 1 spiro atoms. The van der Waals surface area contributed by atoms with E-state index in [2.05, 4.69) is 20.4 Å². The number of aliphatic hydroxyl groups excluding tert-OH is 2. The summed E-state index contributed by atoms with van der Waals surface area (Å²) >= 11 is 0. The largest absolute Gasteiger partial charge is 0.465 e. The van der Waals surface area contributed by atoms with Crippen molar-refractivity contribution in [3.63, 3.8) is 0 Å². The number of ether oxygens (including phenoxy) is 2. The molecule has 4 aliphatic carbocycles. The van der Waals surface area contributed by atoms with Crippen LogP contribution in [0.25, 0.3) is 0 Å². The lowest BCUT2D eigenvalue weighted by Gasteiger charge is -2.66. The summed E-state index contributed by atoms with van der Waals surface area (Å²) < 4.78 is 25.4. The molecule has 8 heteroatoms. The minimum absolute atomic E-state index is 0.00160. The molecular formula is C29H35FO7. The summed E-state index contributed by atoms with van der Waals surface area (Å²) in [6.45, 7) is 9.55. The van der Waals surface area contributed by atoms with Crippen LogP contribution < -0.4 is 0 Å². The van der Waals surface area contributed by atoms with Gasteiger partial charge in [-0.1, -0.05) is 32.9 Å². The molecule has 4 aliphatic rings. The summed E-state index contributed by atoms with van der Waals surface area (Å²) in [7, 11) is 0. The van der Waals surface area contributed by atoms with E-state index in [4.69, 9.17) is 9.47 Å². The fourth-order valence-electron chi connectivity index (χ4n) is 8.62. The summed E-state index contributed by atoms with van der Waals surface area (Å²) in [4.78, 5) is 39.2. The minimum Gasteiger partial charge on any atom is -0.465 e. The number of benzene rings is 1. The van der Waals surface area contributed by atoms with Gasteiger partial charge in [-0.2, -0.15) is 0 Å². The zero-order chi connectivity index (χ0) is 26.9. The molecule has 2 bridgehead atoms. The Labute approximate surface area is 216 Å². The Morgan fingerprint density at radius 2 is 1.92 bits per heavy atom. The molecular weight excluding hydrogens is 479 g/mol. The topological polar surface area (TPSA) is 110 Å². The molecule has 8 atom stereocenters. The molecule has 2 N–H and O–H groups in total. The van der Waals surface area contributed by atoms with E-state index < -0.39 is 64.5 Å². The number of rotatable bonds is 4. The summed E-state index contributed by atoms with van der Waals surface area (Å²) in [6.07, 6.45) is -0.641. The van der Waals surface area contributed by atoms with Crippen LogP contribution in [0.15, 0.2) is 36.4 Å². The van der Waals surface area contributed by atoms with E-state index >= 15 is 0 Å². The fourth-order valence-corrected chi connectivity index (χ4v) is 8.62. The third-order valence-electron chi connectivity index (χ3n) is 9.93. The summed E-state index contributed by atoms with van der Waals surface area (Å²) in [5, 5.41) is 23.5. The van der Waals surface area contributed by atoms with E-state index in [0.29, 0.717) is 6.42 Å². The average Bonchev–Trinajstić information content (AvgIpc) is 2.95. The van der Waals surface area contributed by atoms with Crippen molar-refractivity contribution in [2.45, 2.75) is 71.2 Å². The quantitative estimate of drug-likeness (QED) is 0.467. The lowest BCUT2D eigenvalue weighted by atomic mass is 9.39. The van der Waals surface area contributed by atoms with Crippen molar-refractivity contribution < 1.29 is 38.5 Å². The summed E-state index contributed by atoms with van der Waals surface area (Å²) in [5.41, 5.74) is -2.47. The lowest BCUT2D eigenvalue weighted by molar-refractivity contribution is -0.264. The zero-order valence-electron chi connectivity index (χ0n) is 21.5. The van der Waals surface area contributed by atoms with Crippen molar-refractivity contribution in [3.8, 4) is 0 Å². The van der Waals surface area contributed by atoms with E-state index in [-0.39, 0.29) is 41.9 Å². The van der Waals surface area contributed by atoms with Crippen LogP contribution in [-0.4, -0.2) is 52.9 Å². The number of carbonyl (C=O) groups is 3. The normalized spacial score (nSPS) is 39.9. The standard InChI is InChI=1S/C29H35FO7/c1-15-19-12-20(32)23-28(14-36-16(2)31)10-6-9-27(3,4)21(28)13-22(33)29(23,24(15)34)25(19)37-26(35)17-7-5-8-18(30)11-17/h5,7-8,11,19-23,25,32-33H,1,6,9-10,12-14H2,2-4H3/t19-,20+,21-,22-,23+,25-,28+,29-/m1/s1. The van der Waals surface area contributed by atoms with E-state index in [1.165, 1.54) is 25.1 Å². The molecule has 1 aromatic rings. The van der Waals surface area contributed by atoms with E-state index in [9.17, 15) is 29.0 Å². The van der Waals surface area contributed by atoms with Crippen LogP contribution in [0, 0.1) is 39.8 Å². The van der Waals surface area contributed by atoms with Gasteiger partial charge in [-0.25, -0.2) is 9.18 Å². The summed E-state index contributed by atoms with van der Waals surface area (Å²) in [6, 6.07) is 5.10. The maximum absolute atomic E-state index is 14.1. The van der Waals surface area contributed by atoms with Crippen molar-refractivity contribution in [2.24, 2.45) is 34.0 Å². The van der Waals surface area contributed by atoms with Crippen LogP contribution in [0.1, 0.15) is 63.2 Å². The third-order valence-corrected chi connectivity index (χ3v) is 9.93. The molecule has 0 heterocycles. The van der Waals surface area contributed by atoms with Crippen molar-refractivity contribution in [1.82, 2.24) is 0 Å². The van der Waals surface area contributed by atoms with E-state index in [1.54, 1.807) is 0 Å². The Kier molecular flexibility index (Phi) is 6.15. The first kappa shape index (κ1) is 26.0. The van der Waals surface area contributed by atoms with Crippen molar-refractivity contribution in [1.29, 1.82) is 0 Å². The van der Waals surface area contributed by atoms with Crippen LogP contribution in [0.4, 0.5) is 4.39 Å². The molecule has 4 saturated carbocycles. The first-order chi connectivity index (χ1) is 17.4. The Hall–Kier alpha value is -2.58. The predicted octanol–water partition coefficient (Wildman–Crippen LogP) is 3.61. The second-order valence-corrected chi connectivity index (χ2v) is 12.2. The molecule has 0 unspecified atom stereocenters. The monoisotopic (exact) mass is 514 g/mol. The first-order valence-corrected chi connectivity index (χ1v) is 13.1. The number of hydrogen-bond acceptors (Lipinski definition) is 7. The van der Waals surface area contributed by atoms with Crippen LogP contribution >= 0.6 is 0 Å². The van der Waals surface area contributed by atoms with Gasteiger partial charge in [0.25, 0.3) is 0 Å². The highest BCUT2D eigenvalue weighted by Crippen LogP contribution is 2.71. The molecule has 0 aliphatic heterocycles. The number of aliphatic hydroxyl groups is 2. The van der Waals surface area contributed by atoms with Gasteiger partial charge in [0.1, 0.15) is 17.3 Å². The SMILES string of the molecule is C=C1C(=O)[C@@]23[C@H](O)C[C@@H]4C(C)(C)CCC[C@@]4(COC(C)=O)[C@@H]2[C@@H](O)C[C@H]1[C@H]3OC(=O)c1cccc(F)c1. The maximum Gasteiger partial charge on any atom is 0.338 e. The van der Waals surface area contributed by atoms with Gasteiger partial charge < -0.3 is 19.7 Å². The number of fused-ring (bicyclic) bond motifs is 3. The molecule has 37 heavy (non-hydrogen) atoms. The average molecular weight is 515 g/mol. The smallest absolute Gasteiger partial charge is 0.338 e. The number of halogens is 1. The van der Waals surface area contributed by atoms with Gasteiger partial charge in [-0.15, -0.1) is 0 Å². The molecule has 0 aromatic heterocycles. The minimum atomic E-state index is -1.63. The van der Waals surface area contributed by atoms with E-state index in [1.807, 2.05) is 0 Å². The predicted molar refractivity (Wildman–Crippen MR) is 131 cm³/mol. The molecule has 5 rings (SSSR count). The Bertz CT molecular complexity index is 1160. The van der Waals surface area contributed by atoms with Gasteiger partial charge in [0, 0.05) is 24.2 Å². The van der Waals surface area contributed by atoms with Gasteiger partial charge >= 0.3 is 11.9 Å². The Balaban J connectivity index is 1.65. The fraction of sp³-hybridized carbons (Fsp3) is 0.621. The van der Waals surface area contributed by atoms with Gasteiger partial charge in [-0.3, -0.25) is 9.59 Å². The van der Waals surface area contributed by atoms with Crippen molar-refractivity contribution >= 4 is 17.7 Å². The highest BCUT2D eigenvalue weighted by atomic mass is 19.1. The Morgan fingerprint density at radius 3 is 2.59 bits per heavy atom. The highest BCUT2D eigenvalue weighted by Gasteiger charge is 2.78. The maximum atomic E-state index is 14.1. The number of carbonyl (C=O) groups excluding carboxylic acids is 3. The van der Waals surface area contributed by atoms with Crippen LogP contribution in [0.2, 0.25) is 0 Å². The highest BCUT2D eigenvalue weighted by molar-refractivity contribution is 6.05. The van der Waals surface area contributed by atoms with Crippen LogP contribution in [-0.2, 0) is 19.1 Å². The first-order valence-electron chi connectivity index (χ1n) is 13.1. The molecule has 200 valence electrons. The van der Waals surface area contributed by atoms with Gasteiger partial charge in [-0.05, 0) is 60.8 Å². The molecule has 0 amide bonds. The second-order valence-electron chi connectivity index (χ2n) is 12.2. The molecule has 0 saturated heterocycles. The zero-order valence-corrected chi connectivity index (χ0v) is 21.5. The third kappa shape index (κ3) is 3.62. The number of esters is 2.